The molecule has 0 spiro atoms. The summed E-state index contributed by atoms with van der Waals surface area (Å²) in [5.74, 6) is 0.725. The van der Waals surface area contributed by atoms with Crippen molar-refractivity contribution in [2.45, 2.75) is 46.0 Å². The van der Waals surface area contributed by atoms with Crippen LogP contribution in [0.5, 0.6) is 17.2 Å². The first-order valence-electron chi connectivity index (χ1n) is 11.6. The Hall–Kier alpha value is -2.31. The minimum Gasteiger partial charge on any atom is -0.491 e. The number of nitrogens with zero attached hydrogens (tertiary/aromatic N) is 1. The summed E-state index contributed by atoms with van der Waals surface area (Å²) in [6.07, 6.45) is 5.11. The van der Waals surface area contributed by atoms with Crippen LogP contribution >= 0.6 is 11.6 Å². The third-order valence-electron chi connectivity index (χ3n) is 5.97. The number of piperidine rings is 1. The first kappa shape index (κ1) is 25.3. The quantitative estimate of drug-likeness (QED) is 0.299. The number of methoxy groups -OCH3 is 1. The SMILES string of the molecule is COc1c(Cl)c(C)c(C(C)=O)c(OCCN2CCCCC2)c1OCCCc1ccc(F)cc1. The van der Waals surface area contributed by atoms with Gasteiger partial charge >= 0.3 is 0 Å². The lowest BCUT2D eigenvalue weighted by Gasteiger charge is -2.27. The molecule has 0 aliphatic carbocycles. The summed E-state index contributed by atoms with van der Waals surface area (Å²) in [6.45, 7) is 7.02. The zero-order valence-corrected chi connectivity index (χ0v) is 20.5. The molecule has 0 atom stereocenters. The molecule has 1 fully saturated rings. The fourth-order valence-corrected chi connectivity index (χ4v) is 4.46. The summed E-state index contributed by atoms with van der Waals surface area (Å²) in [6, 6.07) is 6.43. The molecule has 2 aromatic carbocycles. The van der Waals surface area contributed by atoms with Gasteiger partial charge in [0.2, 0.25) is 5.75 Å². The van der Waals surface area contributed by atoms with Gasteiger partial charge in [0, 0.05) is 6.54 Å². The van der Waals surface area contributed by atoms with Crippen LogP contribution in [0.15, 0.2) is 24.3 Å². The maximum absolute atomic E-state index is 13.1. The topological polar surface area (TPSA) is 48.0 Å². The van der Waals surface area contributed by atoms with Gasteiger partial charge in [-0.1, -0.05) is 30.2 Å². The van der Waals surface area contributed by atoms with Crippen LogP contribution in [0.1, 0.15) is 54.1 Å². The van der Waals surface area contributed by atoms with E-state index in [-0.39, 0.29) is 11.6 Å². The van der Waals surface area contributed by atoms with Crippen molar-refractivity contribution < 1.29 is 23.4 Å². The van der Waals surface area contributed by atoms with E-state index >= 15 is 0 Å². The lowest BCUT2D eigenvalue weighted by molar-refractivity contribution is 0.101. The van der Waals surface area contributed by atoms with Crippen molar-refractivity contribution in [2.75, 3.05) is 40.0 Å². The van der Waals surface area contributed by atoms with Crippen LogP contribution < -0.4 is 14.2 Å². The second-order valence-corrected chi connectivity index (χ2v) is 8.77. The Labute approximate surface area is 200 Å². The van der Waals surface area contributed by atoms with Gasteiger partial charge in [0.05, 0.1) is 24.3 Å². The van der Waals surface area contributed by atoms with E-state index in [0.717, 1.165) is 31.6 Å². The van der Waals surface area contributed by atoms with E-state index in [1.54, 1.807) is 19.1 Å². The van der Waals surface area contributed by atoms with E-state index in [1.165, 1.54) is 45.4 Å². The molecule has 33 heavy (non-hydrogen) atoms. The highest BCUT2D eigenvalue weighted by Gasteiger charge is 2.27. The second-order valence-electron chi connectivity index (χ2n) is 8.39. The number of hydrogen-bond donors (Lipinski definition) is 0. The molecule has 1 heterocycles. The number of Topliss-reactive ketones (excluding diaryl/α,β-unsaturated/α-hetero) is 1. The van der Waals surface area contributed by atoms with E-state index in [0.29, 0.717) is 53.0 Å². The van der Waals surface area contributed by atoms with Crippen LogP contribution in [0.3, 0.4) is 0 Å². The van der Waals surface area contributed by atoms with Gasteiger partial charge in [0.1, 0.15) is 12.4 Å². The van der Waals surface area contributed by atoms with Gasteiger partial charge in [-0.3, -0.25) is 9.69 Å². The van der Waals surface area contributed by atoms with Gasteiger partial charge in [-0.2, -0.15) is 0 Å². The fraction of sp³-hybridized carbons (Fsp3) is 0.500. The molecule has 180 valence electrons. The normalized spacial score (nSPS) is 14.2. The number of ketones is 1. The number of halogens is 2. The average molecular weight is 478 g/mol. The van der Waals surface area contributed by atoms with Gasteiger partial charge < -0.3 is 14.2 Å². The number of aryl methyl sites for hydroxylation is 1. The van der Waals surface area contributed by atoms with Gasteiger partial charge in [0.25, 0.3) is 0 Å². The van der Waals surface area contributed by atoms with E-state index < -0.39 is 0 Å². The van der Waals surface area contributed by atoms with E-state index in [4.69, 9.17) is 25.8 Å². The minimum atomic E-state index is -0.253. The molecule has 0 saturated carbocycles. The van der Waals surface area contributed by atoms with Gasteiger partial charge in [-0.25, -0.2) is 4.39 Å². The molecule has 1 aliphatic heterocycles. The van der Waals surface area contributed by atoms with Crippen LogP contribution in [-0.2, 0) is 6.42 Å². The Morgan fingerprint density at radius 3 is 2.33 bits per heavy atom. The maximum atomic E-state index is 13.1. The summed E-state index contributed by atoms with van der Waals surface area (Å²) in [5.41, 5.74) is 2.07. The molecule has 1 aliphatic rings. The Morgan fingerprint density at radius 1 is 1.03 bits per heavy atom. The molecular formula is C26H33ClFNO4. The van der Waals surface area contributed by atoms with Gasteiger partial charge in [-0.05, 0) is 75.9 Å². The van der Waals surface area contributed by atoms with Crippen LogP contribution in [0.2, 0.25) is 5.02 Å². The molecule has 0 aromatic heterocycles. The standard InChI is InChI=1S/C26H33ClFNO4/c1-18-22(19(2)30)24(33-17-15-29-13-5-4-6-14-29)26(25(31-3)23(18)27)32-16-7-8-20-9-11-21(28)12-10-20/h9-12H,4-8,13-17H2,1-3H3. The molecule has 0 unspecified atom stereocenters. The van der Waals surface area contributed by atoms with Crippen molar-refractivity contribution in [1.29, 1.82) is 0 Å². The number of ether oxygens (including phenoxy) is 3. The number of rotatable bonds is 11. The Morgan fingerprint density at radius 2 is 1.70 bits per heavy atom. The molecule has 3 rings (SSSR count). The van der Waals surface area contributed by atoms with Crippen molar-refractivity contribution in [2.24, 2.45) is 0 Å². The highest BCUT2D eigenvalue weighted by Crippen LogP contribution is 2.48. The van der Waals surface area contributed by atoms with E-state index in [9.17, 15) is 9.18 Å². The highest BCUT2D eigenvalue weighted by molar-refractivity contribution is 6.34. The van der Waals surface area contributed by atoms with Crippen molar-refractivity contribution in [3.05, 3.63) is 51.8 Å². The number of hydrogen-bond acceptors (Lipinski definition) is 5. The Kier molecular flexibility index (Phi) is 9.39. The number of benzene rings is 2. The van der Waals surface area contributed by atoms with Gasteiger partial charge in [-0.15, -0.1) is 0 Å². The third kappa shape index (κ3) is 6.61. The fourth-order valence-electron chi connectivity index (χ4n) is 4.20. The smallest absolute Gasteiger partial charge is 0.205 e. The number of likely N-dealkylation sites (tertiary alicyclic amines) is 1. The van der Waals surface area contributed by atoms with Gasteiger partial charge in [0.15, 0.2) is 17.3 Å². The predicted octanol–water partition coefficient (Wildman–Crippen LogP) is 5.88. The number of carbonyl (C=O) groups excluding carboxylic acids is 1. The predicted molar refractivity (Wildman–Crippen MR) is 129 cm³/mol. The number of carbonyl (C=O) groups is 1. The van der Waals surface area contributed by atoms with Crippen LogP contribution in [0.4, 0.5) is 4.39 Å². The van der Waals surface area contributed by atoms with E-state index in [1.807, 2.05) is 0 Å². The Balaban J connectivity index is 1.77. The summed E-state index contributed by atoms with van der Waals surface area (Å²) in [5, 5.41) is 0.347. The first-order chi connectivity index (χ1) is 15.9. The van der Waals surface area contributed by atoms with Crippen molar-refractivity contribution >= 4 is 17.4 Å². The molecule has 7 heteroatoms. The maximum Gasteiger partial charge on any atom is 0.205 e. The zero-order valence-electron chi connectivity index (χ0n) is 19.7. The first-order valence-corrected chi connectivity index (χ1v) is 11.9. The highest BCUT2D eigenvalue weighted by atomic mass is 35.5. The summed E-state index contributed by atoms with van der Waals surface area (Å²) in [4.78, 5) is 14.9. The van der Waals surface area contributed by atoms with Crippen molar-refractivity contribution in [3.8, 4) is 17.2 Å². The third-order valence-corrected chi connectivity index (χ3v) is 6.43. The monoisotopic (exact) mass is 477 g/mol. The zero-order chi connectivity index (χ0) is 23.8. The lowest BCUT2D eigenvalue weighted by atomic mass is 10.0. The molecule has 0 N–H and O–H groups in total. The second kappa shape index (κ2) is 12.2. The summed E-state index contributed by atoms with van der Waals surface area (Å²) < 4.78 is 31.0. The molecule has 0 bridgehead atoms. The van der Waals surface area contributed by atoms with Crippen LogP contribution in [0, 0.1) is 12.7 Å². The molecule has 0 amide bonds. The summed E-state index contributed by atoms with van der Waals surface area (Å²) >= 11 is 6.54. The minimum absolute atomic E-state index is 0.138. The van der Waals surface area contributed by atoms with E-state index in [2.05, 4.69) is 4.90 Å². The average Bonchev–Trinajstić information content (AvgIpc) is 2.81. The van der Waals surface area contributed by atoms with Crippen molar-refractivity contribution in [1.82, 2.24) is 4.90 Å². The molecule has 0 radical (unpaired) electrons. The Bertz CT molecular complexity index is 943. The summed E-state index contributed by atoms with van der Waals surface area (Å²) in [7, 11) is 1.52. The van der Waals surface area contributed by atoms with Crippen molar-refractivity contribution in [3.63, 3.8) is 0 Å². The molecular weight excluding hydrogens is 445 g/mol. The molecule has 1 saturated heterocycles. The largest absolute Gasteiger partial charge is 0.491 e. The lowest BCUT2D eigenvalue weighted by Crippen LogP contribution is -2.33. The molecule has 2 aromatic rings. The molecule has 5 nitrogen and oxygen atoms in total. The van der Waals surface area contributed by atoms with Crippen LogP contribution in [-0.4, -0.2) is 50.6 Å². The van der Waals surface area contributed by atoms with Crippen LogP contribution in [0.25, 0.3) is 0 Å².